The van der Waals surface area contributed by atoms with Crippen molar-refractivity contribution in [1.29, 1.82) is 0 Å². The Morgan fingerprint density at radius 3 is 2.62 bits per heavy atom. The Labute approximate surface area is 102 Å². The van der Waals surface area contributed by atoms with Gasteiger partial charge in [0.25, 0.3) is 5.91 Å². The van der Waals surface area contributed by atoms with Crippen LogP contribution in [0.15, 0.2) is 47.2 Å². The van der Waals surface area contributed by atoms with Gasteiger partial charge in [-0.3, -0.25) is 14.9 Å². The van der Waals surface area contributed by atoms with Crippen molar-refractivity contribution < 1.29 is 4.79 Å². The number of halogens is 1. The molecule has 0 saturated heterocycles. The SMILES string of the molecule is Cc1ccc(C(=O)Nn2cccc2)c(Br)c1. The number of hydrogen-bond acceptors (Lipinski definition) is 1. The summed E-state index contributed by atoms with van der Waals surface area (Å²) in [5.74, 6) is -0.136. The van der Waals surface area contributed by atoms with Crippen LogP contribution in [0.25, 0.3) is 0 Å². The fourth-order valence-corrected chi connectivity index (χ4v) is 2.06. The molecule has 1 heterocycles. The van der Waals surface area contributed by atoms with Crippen molar-refractivity contribution in [2.24, 2.45) is 0 Å². The van der Waals surface area contributed by atoms with Crippen LogP contribution in [-0.4, -0.2) is 10.6 Å². The predicted octanol–water partition coefficient (Wildman–Crippen LogP) is 2.94. The van der Waals surface area contributed by atoms with Crippen LogP contribution < -0.4 is 5.43 Å². The van der Waals surface area contributed by atoms with Gasteiger partial charge in [0.15, 0.2) is 0 Å². The molecule has 0 atom stereocenters. The molecule has 1 amide bonds. The number of nitrogens with one attached hydrogen (secondary N) is 1. The summed E-state index contributed by atoms with van der Waals surface area (Å²) in [6, 6.07) is 9.34. The lowest BCUT2D eigenvalue weighted by Crippen LogP contribution is -2.21. The number of carbonyl (C=O) groups excluding carboxylic acids is 1. The Hall–Kier alpha value is -1.55. The van der Waals surface area contributed by atoms with Crippen molar-refractivity contribution >= 4 is 21.8 Å². The highest BCUT2D eigenvalue weighted by Crippen LogP contribution is 2.18. The zero-order valence-corrected chi connectivity index (χ0v) is 10.4. The molecule has 0 bridgehead atoms. The lowest BCUT2D eigenvalue weighted by molar-refractivity contribution is 0.101. The van der Waals surface area contributed by atoms with Crippen molar-refractivity contribution in [2.45, 2.75) is 6.92 Å². The maximum Gasteiger partial charge on any atom is 0.271 e. The summed E-state index contributed by atoms with van der Waals surface area (Å²) in [5.41, 5.74) is 4.49. The van der Waals surface area contributed by atoms with E-state index in [-0.39, 0.29) is 5.91 Å². The van der Waals surface area contributed by atoms with Gasteiger partial charge in [-0.2, -0.15) is 0 Å². The van der Waals surface area contributed by atoms with Gasteiger partial charge in [-0.1, -0.05) is 6.07 Å². The summed E-state index contributed by atoms with van der Waals surface area (Å²) in [5, 5.41) is 0. The van der Waals surface area contributed by atoms with E-state index >= 15 is 0 Å². The average Bonchev–Trinajstić information content (AvgIpc) is 2.70. The van der Waals surface area contributed by atoms with Crippen molar-refractivity contribution in [1.82, 2.24) is 4.68 Å². The lowest BCUT2D eigenvalue weighted by atomic mass is 10.1. The number of aryl methyl sites for hydroxylation is 1. The smallest absolute Gasteiger partial charge is 0.268 e. The van der Waals surface area contributed by atoms with E-state index in [1.54, 1.807) is 23.1 Å². The zero-order valence-electron chi connectivity index (χ0n) is 8.77. The molecule has 0 aliphatic rings. The summed E-state index contributed by atoms with van der Waals surface area (Å²) >= 11 is 3.38. The van der Waals surface area contributed by atoms with Gasteiger partial charge in [-0.25, -0.2) is 0 Å². The molecule has 0 spiro atoms. The molecule has 0 radical (unpaired) electrons. The Morgan fingerprint density at radius 1 is 1.31 bits per heavy atom. The molecule has 1 aromatic heterocycles. The Morgan fingerprint density at radius 2 is 2.00 bits per heavy atom. The second-order valence-corrected chi connectivity index (χ2v) is 4.37. The molecule has 0 saturated carbocycles. The van der Waals surface area contributed by atoms with Crippen LogP contribution in [0.5, 0.6) is 0 Å². The molecule has 3 nitrogen and oxygen atoms in total. The molecule has 0 unspecified atom stereocenters. The number of amides is 1. The highest BCUT2D eigenvalue weighted by molar-refractivity contribution is 9.10. The quantitative estimate of drug-likeness (QED) is 0.901. The Kier molecular flexibility index (Phi) is 3.10. The highest BCUT2D eigenvalue weighted by Gasteiger charge is 2.09. The molecule has 1 aromatic carbocycles. The van der Waals surface area contributed by atoms with Gasteiger partial charge in [-0.05, 0) is 52.7 Å². The van der Waals surface area contributed by atoms with Crippen molar-refractivity contribution in [3.63, 3.8) is 0 Å². The molecule has 82 valence electrons. The molecule has 2 aromatic rings. The first kappa shape index (κ1) is 11.0. The third-order valence-electron chi connectivity index (χ3n) is 2.20. The summed E-state index contributed by atoms with van der Waals surface area (Å²) < 4.78 is 2.42. The van der Waals surface area contributed by atoms with Crippen LogP contribution >= 0.6 is 15.9 Å². The maximum absolute atomic E-state index is 11.9. The Bertz CT molecular complexity index is 506. The molecular weight excluding hydrogens is 268 g/mol. The second kappa shape index (κ2) is 4.53. The predicted molar refractivity (Wildman–Crippen MR) is 67.0 cm³/mol. The molecule has 16 heavy (non-hydrogen) atoms. The first-order valence-electron chi connectivity index (χ1n) is 4.87. The third kappa shape index (κ3) is 2.33. The molecule has 4 heteroatoms. The van der Waals surface area contributed by atoms with E-state index in [0.29, 0.717) is 5.56 Å². The van der Waals surface area contributed by atoms with E-state index in [9.17, 15) is 4.79 Å². The number of benzene rings is 1. The van der Waals surface area contributed by atoms with Gasteiger partial charge in [0.05, 0.1) is 5.56 Å². The maximum atomic E-state index is 11.9. The minimum absolute atomic E-state index is 0.136. The molecular formula is C12H11BrN2O. The van der Waals surface area contributed by atoms with Gasteiger partial charge in [0.2, 0.25) is 0 Å². The summed E-state index contributed by atoms with van der Waals surface area (Å²) in [7, 11) is 0. The molecule has 0 aliphatic carbocycles. The van der Waals surface area contributed by atoms with Crippen LogP contribution in [0, 0.1) is 6.92 Å². The van der Waals surface area contributed by atoms with Gasteiger partial charge >= 0.3 is 0 Å². The van der Waals surface area contributed by atoms with Crippen LogP contribution in [0.3, 0.4) is 0 Å². The number of carbonyl (C=O) groups is 1. The van der Waals surface area contributed by atoms with Crippen molar-refractivity contribution in [3.05, 3.63) is 58.3 Å². The monoisotopic (exact) mass is 278 g/mol. The van der Waals surface area contributed by atoms with E-state index < -0.39 is 0 Å². The summed E-state index contributed by atoms with van der Waals surface area (Å²) in [6.07, 6.45) is 3.56. The first-order valence-corrected chi connectivity index (χ1v) is 5.66. The third-order valence-corrected chi connectivity index (χ3v) is 2.86. The van der Waals surface area contributed by atoms with E-state index in [4.69, 9.17) is 0 Å². The van der Waals surface area contributed by atoms with Gasteiger partial charge in [-0.15, -0.1) is 0 Å². The van der Waals surface area contributed by atoms with E-state index in [1.165, 1.54) is 0 Å². The van der Waals surface area contributed by atoms with E-state index in [1.807, 2.05) is 31.2 Å². The van der Waals surface area contributed by atoms with Crippen molar-refractivity contribution in [2.75, 3.05) is 5.43 Å². The molecule has 2 rings (SSSR count). The largest absolute Gasteiger partial charge is 0.271 e. The van der Waals surface area contributed by atoms with E-state index in [0.717, 1.165) is 10.0 Å². The molecule has 0 aliphatic heterocycles. The topological polar surface area (TPSA) is 34.0 Å². The molecule has 0 fully saturated rings. The summed E-state index contributed by atoms with van der Waals surface area (Å²) in [6.45, 7) is 1.98. The summed E-state index contributed by atoms with van der Waals surface area (Å²) in [4.78, 5) is 11.9. The normalized spacial score (nSPS) is 10.1. The minimum Gasteiger partial charge on any atom is -0.268 e. The first-order chi connectivity index (χ1) is 7.66. The van der Waals surface area contributed by atoms with Crippen molar-refractivity contribution in [3.8, 4) is 0 Å². The van der Waals surface area contributed by atoms with E-state index in [2.05, 4.69) is 21.4 Å². The van der Waals surface area contributed by atoms with Crippen LogP contribution in [-0.2, 0) is 0 Å². The zero-order chi connectivity index (χ0) is 11.5. The van der Waals surface area contributed by atoms with Gasteiger partial charge in [0.1, 0.15) is 0 Å². The average molecular weight is 279 g/mol. The van der Waals surface area contributed by atoms with Crippen LogP contribution in [0.1, 0.15) is 15.9 Å². The lowest BCUT2D eigenvalue weighted by Gasteiger charge is -2.08. The van der Waals surface area contributed by atoms with Gasteiger partial charge in [0, 0.05) is 16.9 Å². The minimum atomic E-state index is -0.136. The number of hydrogen-bond donors (Lipinski definition) is 1. The molecule has 1 N–H and O–H groups in total. The van der Waals surface area contributed by atoms with Crippen LogP contribution in [0.2, 0.25) is 0 Å². The fourth-order valence-electron chi connectivity index (χ4n) is 1.39. The highest BCUT2D eigenvalue weighted by atomic mass is 79.9. The standard InChI is InChI=1S/C12H11BrN2O/c1-9-4-5-10(11(13)8-9)12(16)14-15-6-2-3-7-15/h2-8H,1H3,(H,14,16). The number of rotatable bonds is 2. The van der Waals surface area contributed by atoms with Crippen LogP contribution in [0.4, 0.5) is 0 Å². The number of aromatic nitrogens is 1. The fraction of sp³-hybridized carbons (Fsp3) is 0.0833. The van der Waals surface area contributed by atoms with Gasteiger partial charge < -0.3 is 0 Å². The number of nitrogens with zero attached hydrogens (tertiary/aromatic N) is 1. The second-order valence-electron chi connectivity index (χ2n) is 3.51. The Balaban J connectivity index is 2.21.